The Morgan fingerprint density at radius 2 is 1.55 bits per heavy atom. The van der Waals surface area contributed by atoms with Gasteiger partial charge >= 0.3 is 6.18 Å². The summed E-state index contributed by atoms with van der Waals surface area (Å²) in [5.41, 5.74) is 2.81. The van der Waals surface area contributed by atoms with E-state index in [2.05, 4.69) is 22.8 Å². The summed E-state index contributed by atoms with van der Waals surface area (Å²) in [7, 11) is 3.28. The lowest BCUT2D eigenvalue weighted by atomic mass is 10.0. The maximum Gasteiger partial charge on any atom is 0.416 e. The van der Waals surface area contributed by atoms with Crippen molar-refractivity contribution >= 4 is 11.5 Å². The number of methoxy groups -OCH3 is 2. The first-order valence-corrected chi connectivity index (χ1v) is 13.3. The van der Waals surface area contributed by atoms with Crippen LogP contribution in [0.2, 0.25) is 0 Å². The van der Waals surface area contributed by atoms with Crippen LogP contribution in [0.15, 0.2) is 78.9 Å². The fraction of sp³-hybridized carbons (Fsp3) is 0.323. The van der Waals surface area contributed by atoms with E-state index < -0.39 is 11.7 Å². The van der Waals surface area contributed by atoms with Crippen molar-refractivity contribution in [1.82, 2.24) is 15.1 Å². The number of nitrogens with one attached hydrogen (secondary N) is 2. The molecule has 2 atom stereocenters. The van der Waals surface area contributed by atoms with Gasteiger partial charge in [-0.15, -0.1) is 0 Å². The summed E-state index contributed by atoms with van der Waals surface area (Å²) in [6, 6.07) is 23.3. The zero-order valence-corrected chi connectivity index (χ0v) is 22.5. The summed E-state index contributed by atoms with van der Waals surface area (Å²) < 4.78 is 52.3. The van der Waals surface area contributed by atoms with Gasteiger partial charge in [-0.05, 0) is 72.9 Å². The van der Waals surface area contributed by atoms with Crippen LogP contribution in [-0.4, -0.2) is 30.0 Å². The largest absolute Gasteiger partial charge is 0.497 e. The number of hydrogen-bond acceptors (Lipinski definition) is 5. The molecule has 5 rings (SSSR count). The first kappa shape index (κ1) is 27.6. The van der Waals surface area contributed by atoms with E-state index in [9.17, 15) is 13.2 Å². The van der Waals surface area contributed by atoms with Crippen molar-refractivity contribution < 1.29 is 22.6 Å². The van der Waals surface area contributed by atoms with Crippen LogP contribution in [0.4, 0.5) is 24.7 Å². The van der Waals surface area contributed by atoms with Gasteiger partial charge in [0.15, 0.2) is 0 Å². The molecule has 4 aromatic rings. The Balaban J connectivity index is 1.32. The van der Waals surface area contributed by atoms with Crippen LogP contribution in [0.3, 0.4) is 0 Å². The first-order chi connectivity index (χ1) is 19.3. The lowest BCUT2D eigenvalue weighted by Crippen LogP contribution is -2.25. The maximum atomic E-state index is 13.3. The Hall–Kier alpha value is -3.98. The predicted molar refractivity (Wildman–Crippen MR) is 149 cm³/mol. The molecule has 0 saturated heterocycles. The highest BCUT2D eigenvalue weighted by atomic mass is 19.4. The van der Waals surface area contributed by atoms with Crippen LogP contribution in [-0.2, 0) is 19.3 Å². The summed E-state index contributed by atoms with van der Waals surface area (Å²) in [6.07, 6.45) is -1.45. The number of aromatic nitrogens is 2. The van der Waals surface area contributed by atoms with E-state index in [-0.39, 0.29) is 5.92 Å². The third kappa shape index (κ3) is 6.77. The number of alkyl halides is 3. The van der Waals surface area contributed by atoms with Crippen molar-refractivity contribution in [2.75, 3.05) is 19.5 Å². The van der Waals surface area contributed by atoms with E-state index in [1.807, 2.05) is 47.1 Å². The molecular weight excluding hydrogens is 517 g/mol. The summed E-state index contributed by atoms with van der Waals surface area (Å²) in [5.74, 6) is 2.50. The van der Waals surface area contributed by atoms with E-state index in [1.165, 1.54) is 11.6 Å². The Morgan fingerprint density at radius 1 is 0.875 bits per heavy atom. The molecule has 6 nitrogen and oxygen atoms in total. The Bertz CT molecular complexity index is 1400. The number of halogens is 3. The van der Waals surface area contributed by atoms with E-state index in [0.717, 1.165) is 60.7 Å². The van der Waals surface area contributed by atoms with Gasteiger partial charge in [-0.2, -0.15) is 18.3 Å². The molecule has 1 saturated carbocycles. The SMILES string of the molecule is COc1ccc(CNC2CCC(c3cc(Nc4cccc(C(F)(F)F)c4)n(Cc4ccc(OC)cc4)n3)C2)cc1. The molecule has 1 aliphatic rings. The zero-order valence-electron chi connectivity index (χ0n) is 22.5. The van der Waals surface area contributed by atoms with Crippen LogP contribution >= 0.6 is 0 Å². The third-order valence-corrected chi connectivity index (χ3v) is 7.36. The van der Waals surface area contributed by atoms with Crippen molar-refractivity contribution in [3.05, 3.63) is 101 Å². The van der Waals surface area contributed by atoms with Gasteiger partial charge in [0.1, 0.15) is 17.3 Å². The minimum atomic E-state index is -4.41. The standard InChI is InChI=1S/C31H33F3N4O2/c1-39-27-12-6-21(7-13-27)19-35-25-11-10-23(16-25)29-18-30(36-26-5-3-4-24(17-26)31(32,33)34)38(37-29)20-22-8-14-28(40-2)15-9-22/h3-9,12-15,17-18,23,25,35-36H,10-11,16,19-20H2,1-2H3. The summed E-state index contributed by atoms with van der Waals surface area (Å²) in [6.45, 7) is 1.24. The smallest absolute Gasteiger partial charge is 0.416 e. The van der Waals surface area contributed by atoms with E-state index in [4.69, 9.17) is 14.6 Å². The number of hydrogen-bond donors (Lipinski definition) is 2. The van der Waals surface area contributed by atoms with Gasteiger partial charge < -0.3 is 20.1 Å². The molecule has 40 heavy (non-hydrogen) atoms. The Morgan fingerprint density at radius 3 is 2.20 bits per heavy atom. The second-order valence-corrected chi connectivity index (χ2v) is 10.1. The predicted octanol–water partition coefficient (Wildman–Crippen LogP) is 7.14. The second kappa shape index (κ2) is 12.0. The van der Waals surface area contributed by atoms with Crippen molar-refractivity contribution in [3.8, 4) is 11.5 Å². The second-order valence-electron chi connectivity index (χ2n) is 10.1. The molecule has 210 valence electrons. The molecule has 0 amide bonds. The molecule has 0 spiro atoms. The van der Waals surface area contributed by atoms with Crippen molar-refractivity contribution in [3.63, 3.8) is 0 Å². The van der Waals surface area contributed by atoms with Gasteiger partial charge in [0, 0.05) is 30.3 Å². The molecule has 2 N–H and O–H groups in total. The fourth-order valence-corrected chi connectivity index (χ4v) is 5.12. The van der Waals surface area contributed by atoms with Crippen LogP contribution in [0.1, 0.15) is 47.6 Å². The molecule has 2 unspecified atom stereocenters. The Kier molecular flexibility index (Phi) is 8.30. The van der Waals surface area contributed by atoms with Gasteiger partial charge in [-0.1, -0.05) is 30.3 Å². The third-order valence-electron chi connectivity index (χ3n) is 7.36. The topological polar surface area (TPSA) is 60.3 Å². The quantitative estimate of drug-likeness (QED) is 0.220. The summed E-state index contributed by atoms with van der Waals surface area (Å²) in [4.78, 5) is 0. The number of nitrogens with zero attached hydrogens (tertiary/aromatic N) is 2. The first-order valence-electron chi connectivity index (χ1n) is 13.3. The molecule has 9 heteroatoms. The van der Waals surface area contributed by atoms with Crippen LogP contribution in [0.25, 0.3) is 0 Å². The molecule has 1 heterocycles. The molecule has 1 fully saturated rings. The monoisotopic (exact) mass is 550 g/mol. The number of rotatable bonds is 10. The lowest BCUT2D eigenvalue weighted by Gasteiger charge is -2.13. The van der Waals surface area contributed by atoms with Gasteiger partial charge in [-0.3, -0.25) is 0 Å². The average molecular weight is 551 g/mol. The zero-order chi connectivity index (χ0) is 28.1. The van der Waals surface area contributed by atoms with Gasteiger partial charge in [0.05, 0.1) is 32.0 Å². The number of ether oxygens (including phenoxy) is 2. The van der Waals surface area contributed by atoms with Gasteiger partial charge in [0.2, 0.25) is 0 Å². The fourth-order valence-electron chi connectivity index (χ4n) is 5.12. The Labute approximate surface area is 232 Å². The van der Waals surface area contributed by atoms with Crippen molar-refractivity contribution in [1.29, 1.82) is 0 Å². The molecule has 0 aliphatic heterocycles. The summed E-state index contributed by atoms with van der Waals surface area (Å²) >= 11 is 0. The molecule has 1 aliphatic carbocycles. The maximum absolute atomic E-state index is 13.3. The van der Waals surface area contributed by atoms with E-state index in [1.54, 1.807) is 20.3 Å². The van der Waals surface area contributed by atoms with E-state index in [0.29, 0.717) is 24.1 Å². The number of anilines is 2. The molecule has 0 radical (unpaired) electrons. The molecule has 3 aromatic carbocycles. The molecule has 0 bridgehead atoms. The number of benzene rings is 3. The normalized spacial score (nSPS) is 17.1. The van der Waals surface area contributed by atoms with Gasteiger partial charge in [0.25, 0.3) is 0 Å². The van der Waals surface area contributed by atoms with E-state index >= 15 is 0 Å². The minimum Gasteiger partial charge on any atom is -0.497 e. The minimum absolute atomic E-state index is 0.257. The van der Waals surface area contributed by atoms with Crippen LogP contribution in [0.5, 0.6) is 11.5 Å². The highest BCUT2D eigenvalue weighted by Gasteiger charge is 2.31. The van der Waals surface area contributed by atoms with Crippen LogP contribution < -0.4 is 20.1 Å². The van der Waals surface area contributed by atoms with Gasteiger partial charge in [-0.25, -0.2) is 4.68 Å². The average Bonchev–Trinajstić information content (AvgIpc) is 3.59. The highest BCUT2D eigenvalue weighted by Crippen LogP contribution is 2.36. The molecular formula is C31H33F3N4O2. The molecule has 1 aromatic heterocycles. The van der Waals surface area contributed by atoms with Crippen molar-refractivity contribution in [2.45, 2.75) is 50.5 Å². The van der Waals surface area contributed by atoms with Crippen LogP contribution in [0, 0.1) is 0 Å². The lowest BCUT2D eigenvalue weighted by molar-refractivity contribution is -0.137. The van der Waals surface area contributed by atoms with Crippen molar-refractivity contribution in [2.24, 2.45) is 0 Å². The summed E-state index contributed by atoms with van der Waals surface area (Å²) in [5, 5.41) is 11.8. The highest BCUT2D eigenvalue weighted by molar-refractivity contribution is 5.58.